The number of halogens is 1. The van der Waals surface area contributed by atoms with Gasteiger partial charge in [0.1, 0.15) is 0 Å². The van der Waals surface area contributed by atoms with Crippen LogP contribution in [0.5, 0.6) is 0 Å². The maximum absolute atomic E-state index is 11.8. The number of amides is 1. The van der Waals surface area contributed by atoms with Crippen LogP contribution in [0.1, 0.15) is 22.8 Å². The number of piperazine rings is 1. The van der Waals surface area contributed by atoms with Crippen molar-refractivity contribution in [2.75, 3.05) is 44.7 Å². The Bertz CT molecular complexity index is 773. The van der Waals surface area contributed by atoms with E-state index in [9.17, 15) is 4.79 Å². The molecular formula is C20H28IN5OS. The summed E-state index contributed by atoms with van der Waals surface area (Å²) in [5.41, 5.74) is 1.70. The Balaban J connectivity index is 0.00000280. The van der Waals surface area contributed by atoms with Crippen molar-refractivity contribution >= 4 is 52.2 Å². The second-order valence-electron chi connectivity index (χ2n) is 6.38. The Kier molecular flexibility index (Phi) is 9.04. The van der Waals surface area contributed by atoms with Crippen LogP contribution in [-0.2, 0) is 6.54 Å². The van der Waals surface area contributed by atoms with E-state index in [2.05, 4.69) is 44.9 Å². The Labute approximate surface area is 188 Å². The van der Waals surface area contributed by atoms with E-state index in [4.69, 9.17) is 4.99 Å². The Hall–Kier alpha value is -1.81. The third-order valence-corrected chi connectivity index (χ3v) is 5.49. The molecule has 0 aliphatic carbocycles. The summed E-state index contributed by atoms with van der Waals surface area (Å²) in [5.74, 6) is 0.867. The number of nitrogens with zero attached hydrogens (tertiary/aromatic N) is 3. The van der Waals surface area contributed by atoms with Gasteiger partial charge < -0.3 is 20.4 Å². The molecule has 6 nitrogen and oxygen atoms in total. The van der Waals surface area contributed by atoms with Gasteiger partial charge in [-0.3, -0.25) is 4.79 Å². The number of hydrogen-bond acceptors (Lipinski definition) is 4. The first-order valence-electron chi connectivity index (χ1n) is 9.34. The van der Waals surface area contributed by atoms with Crippen LogP contribution in [0.25, 0.3) is 0 Å². The summed E-state index contributed by atoms with van der Waals surface area (Å²) in [7, 11) is 1.65. The van der Waals surface area contributed by atoms with Crippen LogP contribution < -0.4 is 15.5 Å². The number of carbonyl (C=O) groups excluding carboxylic acids is 1. The van der Waals surface area contributed by atoms with Gasteiger partial charge in [0.15, 0.2) is 5.96 Å². The number of aliphatic imine (C=N–C) groups is 1. The summed E-state index contributed by atoms with van der Waals surface area (Å²) < 4.78 is 0. The summed E-state index contributed by atoms with van der Waals surface area (Å²) in [6.07, 6.45) is 0. The van der Waals surface area contributed by atoms with Crippen molar-refractivity contribution in [3.8, 4) is 0 Å². The van der Waals surface area contributed by atoms with Crippen LogP contribution in [0, 0.1) is 0 Å². The lowest BCUT2D eigenvalue weighted by atomic mass is 10.1. The summed E-state index contributed by atoms with van der Waals surface area (Å²) in [4.78, 5) is 21.4. The molecule has 1 aromatic carbocycles. The normalized spacial score (nSPS) is 14.4. The van der Waals surface area contributed by atoms with Crippen molar-refractivity contribution < 1.29 is 4.79 Å². The second-order valence-corrected chi connectivity index (χ2v) is 7.30. The fourth-order valence-electron chi connectivity index (χ4n) is 3.14. The van der Waals surface area contributed by atoms with E-state index in [1.165, 1.54) is 5.00 Å². The van der Waals surface area contributed by atoms with Gasteiger partial charge >= 0.3 is 0 Å². The zero-order valence-electron chi connectivity index (χ0n) is 16.4. The molecule has 2 heterocycles. The predicted octanol–water partition coefficient (Wildman–Crippen LogP) is 3.01. The summed E-state index contributed by atoms with van der Waals surface area (Å²) in [6.45, 7) is 7.36. The fraction of sp³-hybridized carbons (Fsp3) is 0.400. The first kappa shape index (κ1) is 22.5. The van der Waals surface area contributed by atoms with Gasteiger partial charge in [-0.2, -0.15) is 0 Å². The highest BCUT2D eigenvalue weighted by Crippen LogP contribution is 2.22. The first-order chi connectivity index (χ1) is 13.2. The van der Waals surface area contributed by atoms with Crippen LogP contribution in [-0.4, -0.2) is 56.5 Å². The molecule has 28 heavy (non-hydrogen) atoms. The van der Waals surface area contributed by atoms with E-state index in [1.54, 1.807) is 18.4 Å². The molecule has 1 fully saturated rings. The van der Waals surface area contributed by atoms with E-state index < -0.39 is 0 Å². The topological polar surface area (TPSA) is 60.0 Å². The molecule has 1 saturated heterocycles. The van der Waals surface area contributed by atoms with Crippen molar-refractivity contribution in [3.63, 3.8) is 0 Å². The van der Waals surface area contributed by atoms with Crippen molar-refractivity contribution in [1.29, 1.82) is 0 Å². The van der Waals surface area contributed by atoms with Gasteiger partial charge in [-0.15, -0.1) is 35.3 Å². The van der Waals surface area contributed by atoms with E-state index in [-0.39, 0.29) is 29.9 Å². The number of hydrogen-bond donors (Lipinski definition) is 2. The number of rotatable bonds is 5. The number of thiophene rings is 1. The second kappa shape index (κ2) is 11.3. The number of anilines is 1. The third kappa shape index (κ3) is 5.84. The van der Waals surface area contributed by atoms with Gasteiger partial charge in [0.25, 0.3) is 5.91 Å². The molecule has 1 aromatic heterocycles. The summed E-state index contributed by atoms with van der Waals surface area (Å²) in [5, 5.41) is 9.52. The summed E-state index contributed by atoms with van der Waals surface area (Å²) >= 11 is 1.79. The Morgan fingerprint density at radius 2 is 1.96 bits per heavy atom. The lowest BCUT2D eigenvalue weighted by Crippen LogP contribution is -2.52. The van der Waals surface area contributed by atoms with Crippen LogP contribution >= 0.6 is 35.3 Å². The number of guanidine groups is 1. The molecule has 0 atom stereocenters. The molecule has 0 bridgehead atoms. The molecule has 0 spiro atoms. The van der Waals surface area contributed by atoms with Crippen LogP contribution in [0.3, 0.4) is 0 Å². The van der Waals surface area contributed by atoms with E-state index >= 15 is 0 Å². The molecule has 152 valence electrons. The third-order valence-electron chi connectivity index (χ3n) is 4.56. The average Bonchev–Trinajstić information content (AvgIpc) is 3.26. The van der Waals surface area contributed by atoms with Crippen molar-refractivity contribution in [1.82, 2.24) is 15.5 Å². The van der Waals surface area contributed by atoms with Crippen molar-refractivity contribution in [3.05, 3.63) is 52.9 Å². The predicted molar refractivity (Wildman–Crippen MR) is 128 cm³/mol. The van der Waals surface area contributed by atoms with Crippen LogP contribution in [0.4, 0.5) is 5.00 Å². The minimum Gasteiger partial charge on any atom is -0.360 e. The molecule has 0 saturated carbocycles. The zero-order chi connectivity index (χ0) is 19.1. The van der Waals surface area contributed by atoms with Crippen molar-refractivity contribution in [2.45, 2.75) is 13.5 Å². The standard InChI is InChI=1S/C20H27N5OS.HI/c1-3-22-20(23-15-16-6-4-7-17(14-16)19(26)21-2)25-11-9-24(10-12-25)18-8-5-13-27-18;/h4-8,13-14H,3,9-12,15H2,1-2H3,(H,21,26)(H,22,23);1H. The Morgan fingerprint density at radius 1 is 1.18 bits per heavy atom. The molecule has 1 aliphatic rings. The van der Waals surface area contributed by atoms with E-state index in [0.29, 0.717) is 12.1 Å². The SMILES string of the molecule is CCNC(=NCc1cccc(C(=O)NC)c1)N1CCN(c2cccs2)CC1.I. The van der Waals surface area contributed by atoms with E-state index in [1.807, 2.05) is 24.3 Å². The van der Waals surface area contributed by atoms with Gasteiger partial charge in [-0.25, -0.2) is 4.99 Å². The average molecular weight is 513 g/mol. The zero-order valence-corrected chi connectivity index (χ0v) is 19.5. The highest BCUT2D eigenvalue weighted by Gasteiger charge is 2.20. The van der Waals surface area contributed by atoms with Crippen molar-refractivity contribution in [2.24, 2.45) is 4.99 Å². The maximum atomic E-state index is 11.8. The van der Waals surface area contributed by atoms with Gasteiger partial charge in [0.2, 0.25) is 0 Å². The lowest BCUT2D eigenvalue weighted by Gasteiger charge is -2.37. The quantitative estimate of drug-likeness (QED) is 0.367. The lowest BCUT2D eigenvalue weighted by molar-refractivity contribution is 0.0963. The first-order valence-corrected chi connectivity index (χ1v) is 10.2. The van der Waals surface area contributed by atoms with Gasteiger partial charge in [0, 0.05) is 45.3 Å². The molecule has 2 aromatic rings. The number of nitrogens with one attached hydrogen (secondary N) is 2. The monoisotopic (exact) mass is 513 g/mol. The van der Waals surface area contributed by atoms with E-state index in [0.717, 1.165) is 44.2 Å². The Morgan fingerprint density at radius 3 is 2.61 bits per heavy atom. The minimum absolute atomic E-state index is 0. The highest BCUT2D eigenvalue weighted by molar-refractivity contribution is 14.0. The molecule has 1 amide bonds. The van der Waals surface area contributed by atoms with Crippen LogP contribution in [0.2, 0.25) is 0 Å². The molecule has 2 N–H and O–H groups in total. The molecule has 3 rings (SSSR count). The highest BCUT2D eigenvalue weighted by atomic mass is 127. The fourth-order valence-corrected chi connectivity index (χ4v) is 3.92. The maximum Gasteiger partial charge on any atom is 0.251 e. The van der Waals surface area contributed by atoms with Gasteiger partial charge in [0.05, 0.1) is 11.5 Å². The smallest absolute Gasteiger partial charge is 0.251 e. The van der Waals surface area contributed by atoms with Gasteiger partial charge in [-0.05, 0) is 42.1 Å². The molecule has 0 radical (unpaired) electrons. The minimum atomic E-state index is -0.0718. The molecule has 0 unspecified atom stereocenters. The number of carbonyl (C=O) groups is 1. The number of benzene rings is 1. The summed E-state index contributed by atoms with van der Waals surface area (Å²) in [6, 6.07) is 11.9. The molecular weight excluding hydrogens is 485 g/mol. The largest absolute Gasteiger partial charge is 0.360 e. The van der Waals surface area contributed by atoms with Crippen LogP contribution in [0.15, 0.2) is 46.8 Å². The molecule has 8 heteroatoms. The molecule has 1 aliphatic heterocycles. The van der Waals surface area contributed by atoms with Gasteiger partial charge in [-0.1, -0.05) is 12.1 Å².